The zero-order valence-corrected chi connectivity index (χ0v) is 11.1. The Bertz CT molecular complexity index is 655. The molecule has 0 aliphatic carbocycles. The van der Waals surface area contributed by atoms with Crippen LogP contribution in [-0.2, 0) is 12.7 Å². The van der Waals surface area contributed by atoms with Gasteiger partial charge in [0.25, 0.3) is 5.56 Å². The van der Waals surface area contributed by atoms with Crippen LogP contribution in [0.4, 0.5) is 13.2 Å². The molecule has 4 nitrogen and oxygen atoms in total. The minimum Gasteiger partial charge on any atom is -0.331 e. The highest BCUT2D eigenvalue weighted by molar-refractivity contribution is 5.14. The van der Waals surface area contributed by atoms with E-state index < -0.39 is 17.3 Å². The summed E-state index contributed by atoms with van der Waals surface area (Å²) < 4.78 is 40.9. The first-order valence-electron chi connectivity index (χ1n) is 6.09. The van der Waals surface area contributed by atoms with E-state index in [1.807, 2.05) is 18.4 Å². The Kier molecular flexibility index (Phi) is 3.69. The van der Waals surface area contributed by atoms with Gasteiger partial charge in [-0.3, -0.25) is 4.79 Å². The van der Waals surface area contributed by atoms with Gasteiger partial charge in [0.15, 0.2) is 0 Å². The van der Waals surface area contributed by atoms with Gasteiger partial charge in [-0.2, -0.15) is 13.2 Å². The molecular weight excluding hydrogens is 271 g/mol. The highest BCUT2D eigenvalue weighted by Gasteiger charge is 2.34. The van der Waals surface area contributed by atoms with E-state index in [1.54, 1.807) is 12.4 Å². The molecule has 0 saturated carbocycles. The smallest absolute Gasteiger partial charge is 0.331 e. The van der Waals surface area contributed by atoms with E-state index in [0.717, 1.165) is 10.6 Å². The first kappa shape index (κ1) is 14.4. The Morgan fingerprint density at radius 3 is 2.60 bits per heavy atom. The number of imidazole rings is 1. The second-order valence-electron chi connectivity index (χ2n) is 4.70. The molecule has 2 aromatic heterocycles. The molecule has 0 amide bonds. The number of hydrogen-bond donors (Lipinski definition) is 0. The Morgan fingerprint density at radius 1 is 1.30 bits per heavy atom. The molecule has 0 aliphatic heterocycles. The summed E-state index contributed by atoms with van der Waals surface area (Å²) in [4.78, 5) is 15.9. The van der Waals surface area contributed by atoms with Gasteiger partial charge in [0, 0.05) is 24.6 Å². The fourth-order valence-corrected chi connectivity index (χ4v) is 1.97. The maximum atomic E-state index is 12.7. The van der Waals surface area contributed by atoms with Gasteiger partial charge in [0.2, 0.25) is 0 Å². The highest BCUT2D eigenvalue weighted by atomic mass is 19.4. The molecule has 0 aromatic carbocycles. The summed E-state index contributed by atoms with van der Waals surface area (Å²) in [6, 6.07) is 2.12. The number of hydrogen-bond acceptors (Lipinski definition) is 2. The number of halogens is 3. The summed E-state index contributed by atoms with van der Waals surface area (Å²) in [7, 11) is 0. The zero-order chi connectivity index (χ0) is 14.9. The standard InChI is InChI=1S/C13H14F3N3O/c1-9(2)19-7-5-17-11(19)8-18-6-3-4-10(12(18)20)13(14,15)16/h3-7,9H,8H2,1-2H3. The highest BCUT2D eigenvalue weighted by Crippen LogP contribution is 2.26. The van der Waals surface area contributed by atoms with E-state index in [1.165, 1.54) is 12.3 Å². The van der Waals surface area contributed by atoms with Crippen molar-refractivity contribution < 1.29 is 13.2 Å². The van der Waals surface area contributed by atoms with Crippen LogP contribution >= 0.6 is 0 Å². The molecule has 2 heterocycles. The SMILES string of the molecule is CC(C)n1ccnc1Cn1cccc(C(F)(F)F)c1=O. The topological polar surface area (TPSA) is 39.8 Å². The minimum atomic E-state index is -4.65. The first-order valence-corrected chi connectivity index (χ1v) is 6.09. The van der Waals surface area contributed by atoms with Crippen LogP contribution in [0.2, 0.25) is 0 Å². The van der Waals surface area contributed by atoms with E-state index in [-0.39, 0.29) is 12.6 Å². The van der Waals surface area contributed by atoms with Crippen LogP contribution < -0.4 is 5.56 Å². The van der Waals surface area contributed by atoms with Crippen molar-refractivity contribution in [2.45, 2.75) is 32.6 Å². The van der Waals surface area contributed by atoms with Gasteiger partial charge >= 0.3 is 6.18 Å². The van der Waals surface area contributed by atoms with Crippen molar-refractivity contribution in [3.8, 4) is 0 Å². The fraction of sp³-hybridized carbons (Fsp3) is 0.385. The lowest BCUT2D eigenvalue weighted by molar-refractivity contribution is -0.138. The van der Waals surface area contributed by atoms with Crippen LogP contribution in [-0.4, -0.2) is 14.1 Å². The lowest BCUT2D eigenvalue weighted by atomic mass is 10.2. The molecule has 20 heavy (non-hydrogen) atoms. The van der Waals surface area contributed by atoms with Gasteiger partial charge in [-0.15, -0.1) is 0 Å². The third-order valence-corrected chi connectivity index (χ3v) is 2.94. The maximum absolute atomic E-state index is 12.7. The molecule has 0 unspecified atom stereocenters. The fourth-order valence-electron chi connectivity index (χ4n) is 1.97. The van der Waals surface area contributed by atoms with Gasteiger partial charge in [-0.1, -0.05) is 0 Å². The lowest BCUT2D eigenvalue weighted by Gasteiger charge is -2.13. The molecule has 7 heteroatoms. The van der Waals surface area contributed by atoms with Crippen LogP contribution in [0.25, 0.3) is 0 Å². The van der Waals surface area contributed by atoms with Crippen molar-refractivity contribution in [1.29, 1.82) is 0 Å². The summed E-state index contributed by atoms with van der Waals surface area (Å²) in [5.74, 6) is 0.543. The molecule has 0 aliphatic rings. The van der Waals surface area contributed by atoms with Crippen molar-refractivity contribution >= 4 is 0 Å². The number of alkyl halides is 3. The number of aromatic nitrogens is 3. The molecular formula is C13H14F3N3O. The van der Waals surface area contributed by atoms with E-state index in [0.29, 0.717) is 5.82 Å². The molecule has 0 N–H and O–H groups in total. The number of rotatable bonds is 3. The van der Waals surface area contributed by atoms with Crippen molar-refractivity contribution in [2.24, 2.45) is 0 Å². The lowest BCUT2D eigenvalue weighted by Crippen LogP contribution is -2.29. The molecule has 108 valence electrons. The predicted octanol–water partition coefficient (Wildman–Crippen LogP) is 2.69. The number of pyridine rings is 1. The quantitative estimate of drug-likeness (QED) is 0.870. The molecule has 0 bridgehead atoms. The maximum Gasteiger partial charge on any atom is 0.421 e. The molecule has 0 spiro atoms. The van der Waals surface area contributed by atoms with E-state index >= 15 is 0 Å². The average Bonchev–Trinajstić information content (AvgIpc) is 2.78. The van der Waals surface area contributed by atoms with E-state index in [4.69, 9.17) is 0 Å². The average molecular weight is 285 g/mol. The molecule has 0 radical (unpaired) electrons. The Labute approximate surface area is 113 Å². The van der Waals surface area contributed by atoms with Gasteiger partial charge in [-0.05, 0) is 26.0 Å². The van der Waals surface area contributed by atoms with Gasteiger partial charge in [0.1, 0.15) is 11.4 Å². The third-order valence-electron chi connectivity index (χ3n) is 2.94. The molecule has 0 atom stereocenters. The van der Waals surface area contributed by atoms with Crippen molar-refractivity contribution in [1.82, 2.24) is 14.1 Å². The van der Waals surface area contributed by atoms with Crippen molar-refractivity contribution in [2.75, 3.05) is 0 Å². The predicted molar refractivity (Wildman–Crippen MR) is 67.4 cm³/mol. The van der Waals surface area contributed by atoms with Crippen LogP contribution in [0.3, 0.4) is 0 Å². The second-order valence-corrected chi connectivity index (χ2v) is 4.70. The van der Waals surface area contributed by atoms with Gasteiger partial charge in [-0.25, -0.2) is 4.98 Å². The molecule has 2 aromatic rings. The molecule has 2 rings (SSSR count). The van der Waals surface area contributed by atoms with E-state index in [9.17, 15) is 18.0 Å². The van der Waals surface area contributed by atoms with Crippen LogP contribution in [0.1, 0.15) is 31.3 Å². The summed E-state index contributed by atoms with van der Waals surface area (Å²) in [6.45, 7) is 3.87. The third kappa shape index (κ3) is 2.76. The summed E-state index contributed by atoms with van der Waals surface area (Å²) >= 11 is 0. The first-order chi connectivity index (χ1) is 9.30. The Balaban J connectivity index is 2.40. The monoisotopic (exact) mass is 285 g/mol. The number of nitrogens with zero attached hydrogens (tertiary/aromatic N) is 3. The van der Waals surface area contributed by atoms with Crippen molar-refractivity contribution in [3.63, 3.8) is 0 Å². The van der Waals surface area contributed by atoms with E-state index in [2.05, 4.69) is 4.98 Å². The minimum absolute atomic E-state index is 0.00787. The summed E-state index contributed by atoms with van der Waals surface area (Å²) in [5, 5.41) is 0. The molecule has 0 fully saturated rings. The molecule has 0 saturated heterocycles. The Morgan fingerprint density at radius 2 is 2.00 bits per heavy atom. The Hall–Kier alpha value is -2.05. The summed E-state index contributed by atoms with van der Waals surface area (Å²) in [6.07, 6.45) is -0.0168. The van der Waals surface area contributed by atoms with Crippen LogP contribution in [0.15, 0.2) is 35.5 Å². The van der Waals surface area contributed by atoms with Crippen molar-refractivity contribution in [3.05, 3.63) is 52.5 Å². The van der Waals surface area contributed by atoms with Crippen LogP contribution in [0, 0.1) is 0 Å². The normalized spacial score (nSPS) is 12.1. The van der Waals surface area contributed by atoms with Gasteiger partial charge < -0.3 is 9.13 Å². The zero-order valence-electron chi connectivity index (χ0n) is 11.1. The summed E-state index contributed by atoms with van der Waals surface area (Å²) in [5.41, 5.74) is -2.22. The largest absolute Gasteiger partial charge is 0.421 e. The van der Waals surface area contributed by atoms with Gasteiger partial charge in [0.05, 0.1) is 6.54 Å². The second kappa shape index (κ2) is 5.15. The van der Waals surface area contributed by atoms with Crippen LogP contribution in [0.5, 0.6) is 0 Å².